The van der Waals surface area contributed by atoms with E-state index in [-0.39, 0.29) is 24.3 Å². The molecule has 0 aromatic carbocycles. The van der Waals surface area contributed by atoms with Crippen molar-refractivity contribution >= 4 is 16.2 Å². The molecular weight excluding hydrogens is 364 g/mol. The number of carbonyl (C=O) groups is 1. The highest BCUT2D eigenvalue weighted by Crippen LogP contribution is 2.67. The molecule has 4 unspecified atom stereocenters. The van der Waals surface area contributed by atoms with Crippen LogP contribution in [0, 0.1) is 40.4 Å². The van der Waals surface area contributed by atoms with Crippen molar-refractivity contribution in [1.29, 1.82) is 0 Å². The summed E-state index contributed by atoms with van der Waals surface area (Å²) in [6.07, 6.45) is 8.92. The smallest absolute Gasteiger partial charge is 0.300 e. The molecule has 27 heavy (non-hydrogen) atoms. The molecule has 8 atom stereocenters. The molecule has 4 aliphatic carbocycles. The Morgan fingerprint density at radius 3 is 2.33 bits per heavy atom. The van der Waals surface area contributed by atoms with Gasteiger partial charge in [-0.2, -0.15) is 8.42 Å². The zero-order valence-electron chi connectivity index (χ0n) is 16.8. The maximum Gasteiger partial charge on any atom is 0.397 e. The summed E-state index contributed by atoms with van der Waals surface area (Å²) in [6.45, 7) is 6.57. The number of hydrogen-bond acceptors (Lipinski definition) is 4. The quantitative estimate of drug-likeness (QED) is 0.696. The summed E-state index contributed by atoms with van der Waals surface area (Å²) in [5.74, 6) is 3.12. The molecule has 0 radical (unpaired) electrons. The van der Waals surface area contributed by atoms with Gasteiger partial charge in [0.2, 0.25) is 0 Å². The summed E-state index contributed by atoms with van der Waals surface area (Å²) in [7, 11) is -4.37. The molecule has 1 N–H and O–H groups in total. The maximum absolute atomic E-state index is 12.2. The van der Waals surface area contributed by atoms with E-state index in [9.17, 15) is 13.2 Å². The van der Waals surface area contributed by atoms with Crippen LogP contribution in [-0.4, -0.2) is 24.9 Å². The van der Waals surface area contributed by atoms with Crippen molar-refractivity contribution in [2.24, 2.45) is 40.4 Å². The van der Waals surface area contributed by atoms with E-state index in [1.807, 2.05) is 0 Å². The average Bonchev–Trinajstić information content (AvgIpc) is 2.91. The number of rotatable bonds is 3. The molecule has 0 aliphatic heterocycles. The van der Waals surface area contributed by atoms with Crippen LogP contribution in [-0.2, 0) is 19.4 Å². The van der Waals surface area contributed by atoms with Crippen molar-refractivity contribution in [2.45, 2.75) is 84.7 Å². The highest BCUT2D eigenvalue weighted by molar-refractivity contribution is 7.80. The summed E-state index contributed by atoms with van der Waals surface area (Å²) >= 11 is 0. The first-order chi connectivity index (χ1) is 12.5. The zero-order valence-corrected chi connectivity index (χ0v) is 17.6. The van der Waals surface area contributed by atoms with Crippen LogP contribution in [0.4, 0.5) is 0 Å². The zero-order chi connectivity index (χ0) is 19.6. The van der Waals surface area contributed by atoms with Crippen molar-refractivity contribution in [3.63, 3.8) is 0 Å². The van der Waals surface area contributed by atoms with Crippen molar-refractivity contribution in [1.82, 2.24) is 0 Å². The number of ketones is 1. The predicted molar refractivity (Wildman–Crippen MR) is 104 cm³/mol. The number of fused-ring (bicyclic) bond motifs is 5. The molecule has 4 fully saturated rings. The van der Waals surface area contributed by atoms with E-state index >= 15 is 0 Å². The lowest BCUT2D eigenvalue weighted by Gasteiger charge is -2.61. The molecule has 0 saturated heterocycles. The molecular formula is C21H36O5S. The van der Waals surface area contributed by atoms with Crippen LogP contribution in [0.3, 0.4) is 0 Å². The second-order valence-electron chi connectivity index (χ2n) is 10.4. The summed E-state index contributed by atoms with van der Waals surface area (Å²) in [6, 6.07) is 0. The molecule has 0 amide bonds. The topological polar surface area (TPSA) is 80.7 Å². The summed E-state index contributed by atoms with van der Waals surface area (Å²) in [5.41, 5.74) is 0.416. The molecule has 4 aliphatic rings. The average molecular weight is 401 g/mol. The predicted octanol–water partition coefficient (Wildman–Crippen LogP) is 4.67. The van der Waals surface area contributed by atoms with Gasteiger partial charge in [-0.15, -0.1) is 0 Å². The van der Waals surface area contributed by atoms with E-state index in [4.69, 9.17) is 8.74 Å². The van der Waals surface area contributed by atoms with Crippen LogP contribution in [0.5, 0.6) is 0 Å². The Morgan fingerprint density at radius 2 is 1.67 bits per heavy atom. The van der Waals surface area contributed by atoms with Crippen LogP contribution in [0.1, 0.15) is 80.0 Å². The Labute approximate surface area is 165 Å². The minimum absolute atomic E-state index is 0. The Morgan fingerprint density at radius 1 is 1.00 bits per heavy atom. The van der Waals surface area contributed by atoms with Gasteiger partial charge in [-0.1, -0.05) is 13.8 Å². The van der Waals surface area contributed by atoms with Crippen molar-refractivity contribution in [3.05, 3.63) is 0 Å². The lowest BCUT2D eigenvalue weighted by molar-refractivity contribution is -0.137. The third-order valence-corrected chi connectivity index (χ3v) is 9.88. The molecule has 0 heterocycles. The van der Waals surface area contributed by atoms with Crippen LogP contribution in [0.2, 0.25) is 0 Å². The number of Topliss-reactive ketones (excluding diaryl/α,β-unsaturated/α-hetero) is 1. The fourth-order valence-electron chi connectivity index (χ4n) is 8.15. The Kier molecular flexibility index (Phi) is 4.80. The minimum atomic E-state index is -4.37. The van der Waals surface area contributed by atoms with E-state index < -0.39 is 10.4 Å². The van der Waals surface area contributed by atoms with Gasteiger partial charge in [0.25, 0.3) is 0 Å². The van der Waals surface area contributed by atoms with Gasteiger partial charge in [-0.3, -0.25) is 9.35 Å². The van der Waals surface area contributed by atoms with Gasteiger partial charge in [0, 0.05) is 7.34 Å². The standard InChI is InChI=1S/C21H34O5S.H2/c1-13(22)17-6-7-18-16-5-4-14-12-15(26-27(23,24)25)8-10-20(14,2)19(16)9-11-21(17,18)3;/h14-19H,4-12H2,1-3H3,(H,23,24,25);1H/t14-,15+,16?,17?,18?,19?,20+,21-;/m1./s1. The molecule has 4 saturated carbocycles. The summed E-state index contributed by atoms with van der Waals surface area (Å²) < 4.78 is 36.2. The Hall–Kier alpha value is -0.460. The van der Waals surface area contributed by atoms with Gasteiger partial charge in [-0.25, -0.2) is 4.18 Å². The van der Waals surface area contributed by atoms with Crippen LogP contribution < -0.4 is 0 Å². The molecule has 0 bridgehead atoms. The van der Waals surface area contributed by atoms with Crippen LogP contribution >= 0.6 is 0 Å². The van der Waals surface area contributed by atoms with Crippen molar-refractivity contribution in [3.8, 4) is 0 Å². The highest BCUT2D eigenvalue weighted by Gasteiger charge is 2.60. The highest BCUT2D eigenvalue weighted by atomic mass is 32.3. The fourth-order valence-corrected chi connectivity index (χ4v) is 8.66. The monoisotopic (exact) mass is 400 g/mol. The Balaban J connectivity index is 0.00000225. The second-order valence-corrected chi connectivity index (χ2v) is 11.4. The van der Waals surface area contributed by atoms with Gasteiger partial charge >= 0.3 is 10.4 Å². The van der Waals surface area contributed by atoms with Gasteiger partial charge in [-0.05, 0) is 99.2 Å². The number of hydrogen-bond donors (Lipinski definition) is 1. The van der Waals surface area contributed by atoms with Crippen molar-refractivity contribution < 1.29 is 23.4 Å². The lowest BCUT2D eigenvalue weighted by Crippen LogP contribution is -2.54. The van der Waals surface area contributed by atoms with E-state index in [0.717, 1.165) is 32.1 Å². The molecule has 156 valence electrons. The molecule has 0 aromatic heterocycles. The first-order valence-electron chi connectivity index (χ1n) is 10.7. The van der Waals surface area contributed by atoms with Gasteiger partial charge in [0.05, 0.1) is 6.10 Å². The van der Waals surface area contributed by atoms with E-state index in [2.05, 4.69) is 13.8 Å². The molecule has 4 rings (SSSR count). The molecule has 0 aromatic rings. The molecule has 6 heteroatoms. The van der Waals surface area contributed by atoms with E-state index in [0.29, 0.717) is 35.9 Å². The van der Waals surface area contributed by atoms with E-state index in [1.54, 1.807) is 6.92 Å². The molecule has 0 spiro atoms. The molecule has 5 nitrogen and oxygen atoms in total. The maximum atomic E-state index is 12.2. The third-order valence-electron chi connectivity index (χ3n) is 9.37. The largest absolute Gasteiger partial charge is 0.397 e. The third kappa shape index (κ3) is 3.20. The fraction of sp³-hybridized carbons (Fsp3) is 0.952. The Bertz CT molecular complexity index is 724. The first kappa shape index (κ1) is 19.8. The normalized spacial score (nSPS) is 49.8. The minimum Gasteiger partial charge on any atom is -0.300 e. The number of carbonyl (C=O) groups excluding carboxylic acids is 1. The second kappa shape index (κ2) is 6.53. The lowest BCUT2D eigenvalue weighted by atomic mass is 9.44. The van der Waals surface area contributed by atoms with Gasteiger partial charge in [0.15, 0.2) is 0 Å². The first-order valence-corrected chi connectivity index (χ1v) is 12.1. The van der Waals surface area contributed by atoms with E-state index in [1.165, 1.54) is 19.3 Å². The van der Waals surface area contributed by atoms with Crippen molar-refractivity contribution in [2.75, 3.05) is 0 Å². The summed E-state index contributed by atoms with van der Waals surface area (Å²) in [4.78, 5) is 12.2. The van der Waals surface area contributed by atoms with Gasteiger partial charge in [0.1, 0.15) is 5.78 Å². The summed E-state index contributed by atoms with van der Waals surface area (Å²) in [5, 5.41) is 0. The SMILES string of the molecule is CC(=O)C1CCC2C3CC[C@@H]4C[C@@H](OS(=O)(=O)O)CC[C@]4(C)C3CC[C@]12C.[HH]. The van der Waals surface area contributed by atoms with Crippen LogP contribution in [0.25, 0.3) is 0 Å². The van der Waals surface area contributed by atoms with Crippen LogP contribution in [0.15, 0.2) is 0 Å². The van der Waals surface area contributed by atoms with Gasteiger partial charge < -0.3 is 0 Å².